The number of halogens is 1. The SMILES string of the molecule is CC(=O)N1CCc2cc(N=C(N)N=C(N)N)cc(Br)c21. The van der Waals surface area contributed by atoms with Crippen LogP contribution in [-0.4, -0.2) is 24.4 Å². The molecule has 1 amide bonds. The summed E-state index contributed by atoms with van der Waals surface area (Å²) in [4.78, 5) is 21.1. The second-order valence-electron chi connectivity index (χ2n) is 4.36. The zero-order valence-electron chi connectivity index (χ0n) is 10.9. The lowest BCUT2D eigenvalue weighted by molar-refractivity contribution is -0.116. The molecule has 1 aromatic rings. The van der Waals surface area contributed by atoms with E-state index >= 15 is 0 Å². The minimum absolute atomic E-state index is 0.0146. The van der Waals surface area contributed by atoms with Crippen molar-refractivity contribution in [1.29, 1.82) is 0 Å². The predicted octanol–water partition coefficient (Wildman–Crippen LogP) is 0.578. The van der Waals surface area contributed by atoms with Crippen molar-refractivity contribution >= 4 is 45.1 Å². The molecule has 0 unspecified atom stereocenters. The Morgan fingerprint density at radius 1 is 1.35 bits per heavy atom. The van der Waals surface area contributed by atoms with Crippen LogP contribution in [0.1, 0.15) is 12.5 Å². The number of fused-ring (bicyclic) bond motifs is 1. The lowest BCUT2D eigenvalue weighted by Gasteiger charge is -2.16. The van der Waals surface area contributed by atoms with Crippen LogP contribution in [0.4, 0.5) is 11.4 Å². The minimum Gasteiger partial charge on any atom is -0.370 e. The van der Waals surface area contributed by atoms with Gasteiger partial charge in [-0.05, 0) is 40.0 Å². The molecule has 20 heavy (non-hydrogen) atoms. The highest BCUT2D eigenvalue weighted by molar-refractivity contribution is 9.10. The smallest absolute Gasteiger partial charge is 0.223 e. The number of hydrogen-bond acceptors (Lipinski definition) is 2. The number of benzene rings is 1. The highest BCUT2D eigenvalue weighted by Gasteiger charge is 2.25. The van der Waals surface area contributed by atoms with Gasteiger partial charge in [-0.2, -0.15) is 4.99 Å². The summed E-state index contributed by atoms with van der Waals surface area (Å²) in [5.41, 5.74) is 18.6. The summed E-state index contributed by atoms with van der Waals surface area (Å²) in [5, 5.41) is 0. The van der Waals surface area contributed by atoms with Gasteiger partial charge in [0.1, 0.15) is 0 Å². The first kappa shape index (κ1) is 14.3. The maximum Gasteiger partial charge on any atom is 0.223 e. The summed E-state index contributed by atoms with van der Waals surface area (Å²) in [6, 6.07) is 3.65. The fraction of sp³-hybridized carbons (Fsp3) is 0.250. The van der Waals surface area contributed by atoms with Crippen molar-refractivity contribution in [3.8, 4) is 0 Å². The van der Waals surface area contributed by atoms with E-state index in [0.717, 1.165) is 22.1 Å². The van der Waals surface area contributed by atoms with E-state index in [2.05, 4.69) is 25.9 Å². The molecule has 0 spiro atoms. The molecule has 106 valence electrons. The molecule has 1 heterocycles. The first-order chi connectivity index (χ1) is 9.38. The molecule has 0 aromatic heterocycles. The number of hydrogen-bond donors (Lipinski definition) is 3. The van der Waals surface area contributed by atoms with E-state index < -0.39 is 0 Å². The lowest BCUT2D eigenvalue weighted by atomic mass is 10.1. The van der Waals surface area contributed by atoms with Crippen LogP contribution in [0.5, 0.6) is 0 Å². The Morgan fingerprint density at radius 2 is 2.05 bits per heavy atom. The second kappa shape index (κ2) is 5.49. The van der Waals surface area contributed by atoms with Crippen LogP contribution in [0.15, 0.2) is 26.6 Å². The number of anilines is 1. The van der Waals surface area contributed by atoms with Crippen LogP contribution in [0.2, 0.25) is 0 Å². The molecule has 0 radical (unpaired) electrons. The first-order valence-electron chi connectivity index (χ1n) is 5.93. The summed E-state index contributed by atoms with van der Waals surface area (Å²) in [7, 11) is 0. The predicted molar refractivity (Wildman–Crippen MR) is 83.0 cm³/mol. The van der Waals surface area contributed by atoms with E-state index in [1.54, 1.807) is 17.9 Å². The molecule has 1 aliphatic rings. The van der Waals surface area contributed by atoms with Gasteiger partial charge in [-0.1, -0.05) is 0 Å². The molecule has 1 aliphatic heterocycles. The molecule has 0 fully saturated rings. The van der Waals surface area contributed by atoms with E-state index in [-0.39, 0.29) is 17.8 Å². The summed E-state index contributed by atoms with van der Waals surface area (Å²) in [5.74, 6) is -0.145. The Balaban J connectivity index is 2.40. The van der Waals surface area contributed by atoms with Gasteiger partial charge in [0, 0.05) is 17.9 Å². The van der Waals surface area contributed by atoms with E-state index in [1.807, 2.05) is 6.07 Å². The average Bonchev–Trinajstić information content (AvgIpc) is 2.71. The summed E-state index contributed by atoms with van der Waals surface area (Å²) >= 11 is 3.46. The highest BCUT2D eigenvalue weighted by atomic mass is 79.9. The third-order valence-corrected chi connectivity index (χ3v) is 3.47. The van der Waals surface area contributed by atoms with Crippen molar-refractivity contribution in [2.24, 2.45) is 27.2 Å². The van der Waals surface area contributed by atoms with Crippen molar-refractivity contribution in [2.75, 3.05) is 11.4 Å². The number of rotatable bonds is 1. The van der Waals surface area contributed by atoms with Crippen molar-refractivity contribution in [3.05, 3.63) is 22.2 Å². The quantitative estimate of drug-likeness (QED) is 0.511. The minimum atomic E-state index is -0.144. The fourth-order valence-electron chi connectivity index (χ4n) is 2.15. The Hall–Kier alpha value is -2.09. The van der Waals surface area contributed by atoms with E-state index in [1.165, 1.54) is 0 Å². The first-order valence-corrected chi connectivity index (χ1v) is 6.72. The van der Waals surface area contributed by atoms with Gasteiger partial charge in [0.25, 0.3) is 0 Å². The van der Waals surface area contributed by atoms with Crippen LogP contribution >= 0.6 is 15.9 Å². The fourth-order valence-corrected chi connectivity index (χ4v) is 2.85. The standard InChI is InChI=1S/C12H15BrN6O/c1-6(20)19-3-2-7-4-8(5-9(13)10(7)19)17-12(16)18-11(14)15/h4-5H,2-3H2,1H3,(H6,14,15,16,17,18). The maximum absolute atomic E-state index is 11.6. The number of aliphatic imine (C=N–C) groups is 2. The monoisotopic (exact) mass is 338 g/mol. The molecule has 0 saturated carbocycles. The number of nitrogens with two attached hydrogens (primary N) is 3. The van der Waals surface area contributed by atoms with E-state index in [0.29, 0.717) is 12.2 Å². The Labute approximate surface area is 124 Å². The normalized spacial score (nSPS) is 14.1. The third kappa shape index (κ3) is 2.90. The number of nitrogens with zero attached hydrogens (tertiary/aromatic N) is 3. The van der Waals surface area contributed by atoms with Crippen molar-refractivity contribution in [2.45, 2.75) is 13.3 Å². The number of carbonyl (C=O) groups is 1. The van der Waals surface area contributed by atoms with Crippen molar-refractivity contribution in [1.82, 2.24) is 0 Å². The molecular weight excluding hydrogens is 324 g/mol. The summed E-state index contributed by atoms with van der Waals surface area (Å²) in [6.07, 6.45) is 0.777. The van der Waals surface area contributed by atoms with Gasteiger partial charge >= 0.3 is 0 Å². The molecule has 2 rings (SSSR count). The Morgan fingerprint density at radius 3 is 2.65 bits per heavy atom. The Bertz CT molecular complexity index is 621. The molecular formula is C12H15BrN6O. The van der Waals surface area contributed by atoms with Crippen LogP contribution in [0, 0.1) is 0 Å². The number of carbonyl (C=O) groups excluding carboxylic acids is 1. The van der Waals surface area contributed by atoms with E-state index in [4.69, 9.17) is 17.2 Å². The average molecular weight is 339 g/mol. The summed E-state index contributed by atoms with van der Waals surface area (Å²) in [6.45, 7) is 2.21. The molecule has 0 bridgehead atoms. The number of amides is 1. The van der Waals surface area contributed by atoms with Crippen molar-refractivity contribution < 1.29 is 4.79 Å². The zero-order chi connectivity index (χ0) is 14.9. The van der Waals surface area contributed by atoms with Crippen LogP contribution in [0.3, 0.4) is 0 Å². The second-order valence-corrected chi connectivity index (χ2v) is 5.22. The molecule has 1 aromatic carbocycles. The highest BCUT2D eigenvalue weighted by Crippen LogP contribution is 2.38. The third-order valence-electron chi connectivity index (χ3n) is 2.87. The molecule has 0 atom stereocenters. The largest absolute Gasteiger partial charge is 0.370 e. The van der Waals surface area contributed by atoms with Crippen LogP contribution in [-0.2, 0) is 11.2 Å². The van der Waals surface area contributed by atoms with Gasteiger partial charge in [0.05, 0.1) is 11.4 Å². The maximum atomic E-state index is 11.6. The van der Waals surface area contributed by atoms with Gasteiger partial charge in [-0.3, -0.25) is 4.79 Å². The van der Waals surface area contributed by atoms with Crippen LogP contribution in [0.25, 0.3) is 0 Å². The van der Waals surface area contributed by atoms with Crippen molar-refractivity contribution in [3.63, 3.8) is 0 Å². The zero-order valence-corrected chi connectivity index (χ0v) is 12.5. The summed E-state index contributed by atoms with van der Waals surface area (Å²) < 4.78 is 0.791. The van der Waals surface area contributed by atoms with Gasteiger partial charge in [0.2, 0.25) is 11.9 Å². The van der Waals surface area contributed by atoms with Gasteiger partial charge in [0.15, 0.2) is 5.96 Å². The van der Waals surface area contributed by atoms with Gasteiger partial charge < -0.3 is 22.1 Å². The number of guanidine groups is 2. The molecule has 0 aliphatic carbocycles. The van der Waals surface area contributed by atoms with E-state index in [9.17, 15) is 4.79 Å². The Kier molecular flexibility index (Phi) is 3.93. The van der Waals surface area contributed by atoms with Gasteiger partial charge in [-0.15, -0.1) is 0 Å². The molecule has 8 heteroatoms. The van der Waals surface area contributed by atoms with Crippen LogP contribution < -0.4 is 22.1 Å². The molecule has 6 N–H and O–H groups in total. The van der Waals surface area contributed by atoms with Gasteiger partial charge in [-0.25, -0.2) is 4.99 Å². The lowest BCUT2D eigenvalue weighted by Crippen LogP contribution is -2.26. The topological polar surface area (TPSA) is 123 Å². The molecule has 0 saturated heterocycles. The molecule has 7 nitrogen and oxygen atoms in total.